The van der Waals surface area contributed by atoms with Crippen LogP contribution in [0, 0.1) is 11.8 Å². The molecular weight excluding hydrogens is 292 g/mol. The third-order valence-electron chi connectivity index (χ3n) is 2.73. The number of likely N-dealkylation sites (N-methyl/N-ethyl adjacent to an activating group) is 1. The number of aliphatic hydroxyl groups is 1. The number of nitrogens with zero attached hydrogens (tertiary/aromatic N) is 1. The molecule has 21 heavy (non-hydrogen) atoms. The SMILES string of the molecule is COCC(O)CN(C)S(=O)(=O)c1ccccc1C#CCN. The largest absolute Gasteiger partial charge is 0.389 e. The average Bonchev–Trinajstić information content (AvgIpc) is 2.45. The molecule has 0 fully saturated rings. The number of hydrogen-bond donors (Lipinski definition) is 2. The average molecular weight is 312 g/mol. The van der Waals surface area contributed by atoms with Crippen LogP contribution >= 0.6 is 0 Å². The van der Waals surface area contributed by atoms with E-state index < -0.39 is 16.1 Å². The van der Waals surface area contributed by atoms with Gasteiger partial charge in [-0.3, -0.25) is 0 Å². The Morgan fingerprint density at radius 2 is 2.10 bits per heavy atom. The Bertz CT molecular complexity index is 619. The lowest BCUT2D eigenvalue weighted by Gasteiger charge is -2.20. The van der Waals surface area contributed by atoms with E-state index >= 15 is 0 Å². The zero-order chi connectivity index (χ0) is 15.9. The van der Waals surface area contributed by atoms with E-state index in [1.54, 1.807) is 18.2 Å². The molecule has 6 nitrogen and oxygen atoms in total. The first-order valence-corrected chi connectivity index (χ1v) is 7.78. The van der Waals surface area contributed by atoms with Gasteiger partial charge in [-0.05, 0) is 12.1 Å². The molecule has 1 rings (SSSR count). The van der Waals surface area contributed by atoms with Crippen LogP contribution in [0.25, 0.3) is 0 Å². The highest BCUT2D eigenvalue weighted by Gasteiger charge is 2.25. The third-order valence-corrected chi connectivity index (χ3v) is 4.61. The summed E-state index contributed by atoms with van der Waals surface area (Å²) in [6.45, 7) is 0.153. The minimum atomic E-state index is -3.74. The summed E-state index contributed by atoms with van der Waals surface area (Å²) in [5.41, 5.74) is 5.70. The van der Waals surface area contributed by atoms with Gasteiger partial charge < -0.3 is 15.6 Å². The minimum Gasteiger partial charge on any atom is -0.389 e. The molecule has 1 aromatic rings. The molecule has 3 N–H and O–H groups in total. The van der Waals surface area contributed by atoms with Crippen LogP contribution in [0.2, 0.25) is 0 Å². The van der Waals surface area contributed by atoms with Crippen molar-refractivity contribution in [1.82, 2.24) is 4.31 Å². The Morgan fingerprint density at radius 3 is 2.71 bits per heavy atom. The summed E-state index contributed by atoms with van der Waals surface area (Å²) >= 11 is 0. The maximum Gasteiger partial charge on any atom is 0.244 e. The number of nitrogens with two attached hydrogens (primary N) is 1. The Kier molecular flexibility index (Phi) is 6.81. The molecule has 0 saturated carbocycles. The quantitative estimate of drug-likeness (QED) is 0.699. The van der Waals surface area contributed by atoms with Gasteiger partial charge >= 0.3 is 0 Å². The lowest BCUT2D eigenvalue weighted by Crippen LogP contribution is -2.36. The molecule has 0 aliphatic rings. The molecule has 116 valence electrons. The van der Waals surface area contributed by atoms with Gasteiger partial charge in [-0.15, -0.1) is 0 Å². The molecular formula is C14H20N2O4S. The van der Waals surface area contributed by atoms with Crippen molar-refractivity contribution in [2.75, 3.05) is 33.9 Å². The van der Waals surface area contributed by atoms with Crippen LogP contribution in [-0.4, -0.2) is 57.8 Å². The van der Waals surface area contributed by atoms with Crippen LogP contribution in [0.3, 0.4) is 0 Å². The van der Waals surface area contributed by atoms with E-state index in [0.29, 0.717) is 5.56 Å². The first-order chi connectivity index (χ1) is 9.93. The molecule has 0 bridgehead atoms. The fourth-order valence-electron chi connectivity index (χ4n) is 1.75. The summed E-state index contributed by atoms with van der Waals surface area (Å²) in [6, 6.07) is 6.43. The molecule has 0 aromatic heterocycles. The van der Waals surface area contributed by atoms with E-state index in [-0.39, 0.29) is 24.6 Å². The van der Waals surface area contributed by atoms with Crippen molar-refractivity contribution in [3.63, 3.8) is 0 Å². The fourth-order valence-corrected chi connectivity index (χ4v) is 3.10. The first-order valence-electron chi connectivity index (χ1n) is 6.34. The highest BCUT2D eigenvalue weighted by molar-refractivity contribution is 7.89. The van der Waals surface area contributed by atoms with Gasteiger partial charge in [0, 0.05) is 26.3 Å². The molecule has 1 aromatic carbocycles. The van der Waals surface area contributed by atoms with E-state index in [9.17, 15) is 13.5 Å². The Balaban J connectivity index is 3.07. The van der Waals surface area contributed by atoms with Gasteiger partial charge in [0.1, 0.15) is 0 Å². The van der Waals surface area contributed by atoms with E-state index in [0.717, 1.165) is 4.31 Å². The molecule has 0 heterocycles. The molecule has 0 amide bonds. The van der Waals surface area contributed by atoms with Crippen LogP contribution in [0.15, 0.2) is 29.2 Å². The minimum absolute atomic E-state index is 0.0607. The number of methoxy groups -OCH3 is 1. The summed E-state index contributed by atoms with van der Waals surface area (Å²) < 4.78 is 30.9. The lowest BCUT2D eigenvalue weighted by molar-refractivity contribution is 0.0554. The number of benzene rings is 1. The summed E-state index contributed by atoms with van der Waals surface area (Å²) in [5.74, 6) is 5.39. The van der Waals surface area contributed by atoms with E-state index in [2.05, 4.69) is 11.8 Å². The number of ether oxygens (including phenoxy) is 1. The van der Waals surface area contributed by atoms with Crippen molar-refractivity contribution in [3.8, 4) is 11.8 Å². The second-order valence-electron chi connectivity index (χ2n) is 4.40. The molecule has 7 heteroatoms. The van der Waals surface area contributed by atoms with Crippen molar-refractivity contribution >= 4 is 10.0 Å². The van der Waals surface area contributed by atoms with Crippen LogP contribution in [0.5, 0.6) is 0 Å². The summed E-state index contributed by atoms with van der Waals surface area (Å²) in [7, 11) is -0.895. The summed E-state index contributed by atoms with van der Waals surface area (Å²) in [4.78, 5) is 0.0954. The smallest absolute Gasteiger partial charge is 0.244 e. The maximum absolute atomic E-state index is 12.5. The van der Waals surface area contributed by atoms with Crippen molar-refractivity contribution < 1.29 is 18.3 Å². The third kappa shape index (κ3) is 4.81. The molecule has 0 aliphatic carbocycles. The fraction of sp³-hybridized carbons (Fsp3) is 0.429. The summed E-state index contributed by atoms with van der Waals surface area (Å²) in [6.07, 6.45) is -0.892. The van der Waals surface area contributed by atoms with Gasteiger partial charge in [-0.25, -0.2) is 8.42 Å². The number of rotatable bonds is 6. The Labute approximate surface area is 125 Å². The van der Waals surface area contributed by atoms with Crippen LogP contribution in [-0.2, 0) is 14.8 Å². The second-order valence-corrected chi connectivity index (χ2v) is 6.41. The number of aliphatic hydroxyl groups excluding tert-OH is 1. The highest BCUT2D eigenvalue weighted by atomic mass is 32.2. The van der Waals surface area contributed by atoms with Crippen LogP contribution < -0.4 is 5.73 Å². The molecule has 0 saturated heterocycles. The molecule has 1 atom stereocenters. The Hall–Kier alpha value is -1.43. The van der Waals surface area contributed by atoms with Gasteiger partial charge in [0.05, 0.1) is 24.2 Å². The zero-order valence-corrected chi connectivity index (χ0v) is 12.9. The van der Waals surface area contributed by atoms with Gasteiger partial charge in [0.15, 0.2) is 0 Å². The van der Waals surface area contributed by atoms with Crippen molar-refractivity contribution in [2.24, 2.45) is 5.73 Å². The molecule has 0 radical (unpaired) electrons. The zero-order valence-electron chi connectivity index (χ0n) is 12.1. The van der Waals surface area contributed by atoms with Gasteiger partial charge in [0.25, 0.3) is 0 Å². The van der Waals surface area contributed by atoms with Crippen molar-refractivity contribution in [1.29, 1.82) is 0 Å². The van der Waals surface area contributed by atoms with E-state index in [1.807, 2.05) is 0 Å². The predicted octanol–water partition coefficient (Wildman–Crippen LogP) is -0.375. The molecule has 0 aliphatic heterocycles. The monoisotopic (exact) mass is 312 g/mol. The second kappa shape index (κ2) is 8.12. The van der Waals surface area contributed by atoms with E-state index in [4.69, 9.17) is 10.5 Å². The molecule has 0 spiro atoms. The van der Waals surface area contributed by atoms with Crippen molar-refractivity contribution in [3.05, 3.63) is 29.8 Å². The molecule has 1 unspecified atom stereocenters. The van der Waals surface area contributed by atoms with Gasteiger partial charge in [0.2, 0.25) is 10.0 Å². The summed E-state index contributed by atoms with van der Waals surface area (Å²) in [5, 5.41) is 9.66. The normalized spacial score (nSPS) is 12.8. The predicted molar refractivity (Wildman–Crippen MR) is 80.1 cm³/mol. The van der Waals surface area contributed by atoms with Gasteiger partial charge in [-0.1, -0.05) is 24.0 Å². The number of hydrogen-bond acceptors (Lipinski definition) is 5. The van der Waals surface area contributed by atoms with E-state index in [1.165, 1.54) is 20.2 Å². The number of sulfonamides is 1. The van der Waals surface area contributed by atoms with Crippen LogP contribution in [0.4, 0.5) is 0 Å². The Morgan fingerprint density at radius 1 is 1.43 bits per heavy atom. The van der Waals surface area contributed by atoms with Crippen LogP contribution in [0.1, 0.15) is 5.56 Å². The van der Waals surface area contributed by atoms with Crippen molar-refractivity contribution in [2.45, 2.75) is 11.0 Å². The standard InChI is InChI=1S/C14H20N2O4S/c1-16(10-13(17)11-20-2)21(18,19)14-8-4-3-6-12(14)7-5-9-15/h3-4,6,8,13,17H,9-11,15H2,1-2H3. The highest BCUT2D eigenvalue weighted by Crippen LogP contribution is 2.18. The van der Waals surface area contributed by atoms with Gasteiger partial charge in [-0.2, -0.15) is 4.31 Å². The lowest BCUT2D eigenvalue weighted by atomic mass is 10.2. The first kappa shape index (κ1) is 17.6. The topological polar surface area (TPSA) is 92.9 Å². The maximum atomic E-state index is 12.5.